The third-order valence-corrected chi connectivity index (χ3v) is 3.84. The molecular weight excluding hydrogens is 276 g/mol. The lowest BCUT2D eigenvalue weighted by Crippen LogP contribution is -2.43. The lowest BCUT2D eigenvalue weighted by molar-refractivity contribution is -0.128. The van der Waals surface area contributed by atoms with Crippen LogP contribution in [0.15, 0.2) is 24.3 Å². The number of amides is 2. The summed E-state index contributed by atoms with van der Waals surface area (Å²) in [4.78, 5) is 23.9. The van der Waals surface area contributed by atoms with Gasteiger partial charge in [-0.15, -0.1) is 0 Å². The fraction of sp³-hybridized carbons (Fsp3) is 0.467. The molecule has 2 N–H and O–H groups in total. The Morgan fingerprint density at radius 2 is 1.80 bits per heavy atom. The summed E-state index contributed by atoms with van der Waals surface area (Å²) in [7, 11) is 0. The summed E-state index contributed by atoms with van der Waals surface area (Å²) in [6.07, 6.45) is 4.06. The maximum absolute atomic E-state index is 12.0. The van der Waals surface area contributed by atoms with Gasteiger partial charge in [-0.3, -0.25) is 9.59 Å². The summed E-state index contributed by atoms with van der Waals surface area (Å²) in [5.74, 6) is -0.166. The molecule has 2 rings (SSSR count). The van der Waals surface area contributed by atoms with Gasteiger partial charge in [0.2, 0.25) is 11.8 Å². The molecule has 20 heavy (non-hydrogen) atoms. The van der Waals surface area contributed by atoms with Crippen LogP contribution in [0.4, 0.5) is 5.69 Å². The molecule has 1 aromatic rings. The van der Waals surface area contributed by atoms with Crippen molar-refractivity contribution in [3.8, 4) is 0 Å². The highest BCUT2D eigenvalue weighted by atomic mass is 35.5. The van der Waals surface area contributed by atoms with Crippen molar-refractivity contribution in [1.29, 1.82) is 0 Å². The zero-order valence-corrected chi connectivity index (χ0v) is 12.2. The Labute approximate surface area is 123 Å². The average molecular weight is 295 g/mol. The first-order valence-corrected chi connectivity index (χ1v) is 7.31. The van der Waals surface area contributed by atoms with Gasteiger partial charge in [0.1, 0.15) is 6.04 Å². The standard InChI is InChI=1S/C15H19ClN2O2/c1-10(17-15(20)11-4-2-3-5-11)14(19)18-13-8-6-12(16)7-9-13/h6-11H,2-5H2,1H3,(H,17,20)(H,18,19)/t10-/m0/s1. The van der Waals surface area contributed by atoms with Gasteiger partial charge in [-0.2, -0.15) is 0 Å². The molecule has 0 bridgehead atoms. The van der Waals surface area contributed by atoms with E-state index >= 15 is 0 Å². The van der Waals surface area contributed by atoms with Crippen molar-refractivity contribution in [2.24, 2.45) is 5.92 Å². The third-order valence-electron chi connectivity index (χ3n) is 3.59. The Kier molecular flexibility index (Phi) is 5.01. The monoisotopic (exact) mass is 294 g/mol. The summed E-state index contributed by atoms with van der Waals surface area (Å²) in [6.45, 7) is 1.69. The minimum atomic E-state index is -0.543. The molecule has 1 atom stereocenters. The second-order valence-electron chi connectivity index (χ2n) is 5.21. The molecule has 108 valence electrons. The normalized spacial score (nSPS) is 16.7. The Morgan fingerprint density at radius 3 is 2.40 bits per heavy atom. The Hall–Kier alpha value is -1.55. The van der Waals surface area contributed by atoms with Gasteiger partial charge < -0.3 is 10.6 Å². The highest BCUT2D eigenvalue weighted by Gasteiger charge is 2.25. The van der Waals surface area contributed by atoms with Crippen LogP contribution in [0.2, 0.25) is 5.02 Å². The number of hydrogen-bond acceptors (Lipinski definition) is 2. The van der Waals surface area contributed by atoms with Gasteiger partial charge in [-0.25, -0.2) is 0 Å². The van der Waals surface area contributed by atoms with E-state index in [1.165, 1.54) is 0 Å². The van der Waals surface area contributed by atoms with Gasteiger partial charge in [0.15, 0.2) is 0 Å². The van der Waals surface area contributed by atoms with E-state index in [1.54, 1.807) is 31.2 Å². The first-order chi connectivity index (χ1) is 9.56. The molecule has 0 aromatic heterocycles. The fourth-order valence-electron chi connectivity index (χ4n) is 2.37. The molecule has 0 aliphatic heterocycles. The number of benzene rings is 1. The van der Waals surface area contributed by atoms with Crippen LogP contribution in [0.25, 0.3) is 0 Å². The molecule has 1 aromatic carbocycles. The van der Waals surface area contributed by atoms with Gasteiger partial charge >= 0.3 is 0 Å². The van der Waals surface area contributed by atoms with Crippen molar-refractivity contribution in [3.05, 3.63) is 29.3 Å². The first kappa shape index (κ1) is 14.9. The Bertz CT molecular complexity index is 481. The zero-order valence-electron chi connectivity index (χ0n) is 11.5. The number of halogens is 1. The van der Waals surface area contributed by atoms with E-state index in [9.17, 15) is 9.59 Å². The summed E-state index contributed by atoms with van der Waals surface area (Å²) in [5.41, 5.74) is 0.668. The van der Waals surface area contributed by atoms with Gasteiger partial charge in [0, 0.05) is 16.6 Å². The summed E-state index contributed by atoms with van der Waals surface area (Å²) in [6, 6.07) is 6.33. The molecule has 1 fully saturated rings. The number of rotatable bonds is 4. The third kappa shape index (κ3) is 3.97. The van der Waals surface area contributed by atoms with Gasteiger partial charge in [-0.1, -0.05) is 24.4 Å². The average Bonchev–Trinajstić information content (AvgIpc) is 2.95. The van der Waals surface area contributed by atoms with Crippen LogP contribution in [-0.2, 0) is 9.59 Å². The second-order valence-corrected chi connectivity index (χ2v) is 5.64. The number of anilines is 1. The van der Waals surface area contributed by atoms with Gasteiger partial charge in [-0.05, 0) is 44.0 Å². The predicted octanol–water partition coefficient (Wildman–Crippen LogP) is 2.97. The molecular formula is C15H19ClN2O2. The summed E-state index contributed by atoms with van der Waals surface area (Å²) in [5, 5.41) is 6.15. The van der Waals surface area contributed by atoms with Crippen molar-refractivity contribution in [1.82, 2.24) is 5.32 Å². The number of nitrogens with one attached hydrogen (secondary N) is 2. The Balaban J connectivity index is 1.85. The largest absolute Gasteiger partial charge is 0.344 e. The molecule has 0 unspecified atom stereocenters. The van der Waals surface area contributed by atoms with Crippen LogP contribution >= 0.6 is 11.6 Å². The van der Waals surface area contributed by atoms with Crippen LogP contribution < -0.4 is 10.6 Å². The van der Waals surface area contributed by atoms with Crippen LogP contribution in [0, 0.1) is 5.92 Å². The van der Waals surface area contributed by atoms with Crippen molar-refractivity contribution in [2.75, 3.05) is 5.32 Å². The van der Waals surface area contributed by atoms with E-state index < -0.39 is 6.04 Å². The van der Waals surface area contributed by atoms with Crippen molar-refractivity contribution < 1.29 is 9.59 Å². The molecule has 0 heterocycles. The van der Waals surface area contributed by atoms with Crippen molar-refractivity contribution >= 4 is 29.1 Å². The van der Waals surface area contributed by atoms with Crippen LogP contribution in [0.3, 0.4) is 0 Å². The van der Waals surface area contributed by atoms with Crippen molar-refractivity contribution in [2.45, 2.75) is 38.6 Å². The lowest BCUT2D eigenvalue weighted by Gasteiger charge is -2.16. The van der Waals surface area contributed by atoms with Crippen LogP contribution in [-0.4, -0.2) is 17.9 Å². The van der Waals surface area contributed by atoms with Crippen LogP contribution in [0.5, 0.6) is 0 Å². The van der Waals surface area contributed by atoms with E-state index in [0.717, 1.165) is 25.7 Å². The predicted molar refractivity (Wildman–Crippen MR) is 79.6 cm³/mol. The maximum Gasteiger partial charge on any atom is 0.246 e. The molecule has 1 aliphatic carbocycles. The molecule has 5 heteroatoms. The second kappa shape index (κ2) is 6.75. The molecule has 0 radical (unpaired) electrons. The molecule has 1 aliphatic rings. The number of hydrogen-bond donors (Lipinski definition) is 2. The van der Waals surface area contributed by atoms with Gasteiger partial charge in [0.25, 0.3) is 0 Å². The Morgan fingerprint density at radius 1 is 1.20 bits per heavy atom. The minimum absolute atomic E-state index is 0.0127. The summed E-state index contributed by atoms with van der Waals surface area (Å²) >= 11 is 5.78. The smallest absolute Gasteiger partial charge is 0.246 e. The van der Waals surface area contributed by atoms with E-state index in [-0.39, 0.29) is 17.7 Å². The topological polar surface area (TPSA) is 58.2 Å². The van der Waals surface area contributed by atoms with Crippen LogP contribution in [0.1, 0.15) is 32.6 Å². The molecule has 4 nitrogen and oxygen atoms in total. The highest BCUT2D eigenvalue weighted by Crippen LogP contribution is 2.24. The molecule has 1 saturated carbocycles. The number of carbonyl (C=O) groups is 2. The zero-order chi connectivity index (χ0) is 14.5. The lowest BCUT2D eigenvalue weighted by atomic mass is 10.1. The van der Waals surface area contributed by atoms with E-state index in [1.807, 2.05) is 0 Å². The van der Waals surface area contributed by atoms with E-state index in [0.29, 0.717) is 10.7 Å². The van der Waals surface area contributed by atoms with E-state index in [2.05, 4.69) is 10.6 Å². The highest BCUT2D eigenvalue weighted by molar-refractivity contribution is 6.30. The molecule has 0 saturated heterocycles. The quantitative estimate of drug-likeness (QED) is 0.897. The first-order valence-electron chi connectivity index (χ1n) is 6.93. The fourth-order valence-corrected chi connectivity index (χ4v) is 2.49. The molecule has 0 spiro atoms. The van der Waals surface area contributed by atoms with E-state index in [4.69, 9.17) is 11.6 Å². The van der Waals surface area contributed by atoms with Gasteiger partial charge in [0.05, 0.1) is 0 Å². The number of carbonyl (C=O) groups excluding carboxylic acids is 2. The minimum Gasteiger partial charge on any atom is -0.344 e. The summed E-state index contributed by atoms with van der Waals surface area (Å²) < 4.78 is 0. The molecule has 2 amide bonds. The van der Waals surface area contributed by atoms with Crippen molar-refractivity contribution in [3.63, 3.8) is 0 Å². The SMILES string of the molecule is C[C@H](NC(=O)C1CCCC1)C(=O)Nc1ccc(Cl)cc1. The maximum atomic E-state index is 12.0.